The quantitative estimate of drug-likeness (QED) is 0.272. The molecule has 0 saturated heterocycles. The Morgan fingerprint density at radius 1 is 0.909 bits per heavy atom. The first-order valence-corrected chi connectivity index (χ1v) is 16.6. The lowest BCUT2D eigenvalue weighted by Crippen LogP contribution is -2.54. The zero-order valence-electron chi connectivity index (χ0n) is 26.0. The van der Waals surface area contributed by atoms with Gasteiger partial charge in [-0.2, -0.15) is 0 Å². The van der Waals surface area contributed by atoms with E-state index in [1.807, 2.05) is 38.1 Å². The molecule has 0 radical (unpaired) electrons. The summed E-state index contributed by atoms with van der Waals surface area (Å²) < 4.78 is 40.1. The first kappa shape index (κ1) is 32.9. The minimum atomic E-state index is -4.25. The third-order valence-corrected chi connectivity index (χ3v) is 9.98. The molecule has 44 heavy (non-hydrogen) atoms. The van der Waals surface area contributed by atoms with Crippen molar-refractivity contribution in [1.29, 1.82) is 0 Å². The molecule has 0 aromatic heterocycles. The highest BCUT2D eigenvalue weighted by Gasteiger charge is 2.35. The van der Waals surface area contributed by atoms with Gasteiger partial charge in [0.2, 0.25) is 11.8 Å². The number of hydrogen-bond donors (Lipinski definition) is 1. The van der Waals surface area contributed by atoms with Gasteiger partial charge in [0, 0.05) is 18.7 Å². The number of amides is 2. The van der Waals surface area contributed by atoms with Crippen LogP contribution in [0.2, 0.25) is 0 Å². The SMILES string of the molecule is CCC(C(=O)NC1CCCCC1)N(Cc1ccccc1C)C(=O)CN(c1ccccc1)S(=O)(=O)c1ccc(OC)c(OC)c1. The zero-order valence-corrected chi connectivity index (χ0v) is 26.8. The fraction of sp³-hybridized carbons (Fsp3) is 0.412. The van der Waals surface area contributed by atoms with Crippen molar-refractivity contribution < 1.29 is 27.5 Å². The van der Waals surface area contributed by atoms with Gasteiger partial charge in [-0.05, 0) is 61.6 Å². The summed E-state index contributed by atoms with van der Waals surface area (Å²) in [5, 5.41) is 3.18. The lowest BCUT2D eigenvalue weighted by atomic mass is 9.95. The van der Waals surface area contributed by atoms with Crippen molar-refractivity contribution in [2.75, 3.05) is 25.1 Å². The fourth-order valence-electron chi connectivity index (χ4n) is 5.66. The second-order valence-corrected chi connectivity index (χ2v) is 12.9. The predicted molar refractivity (Wildman–Crippen MR) is 171 cm³/mol. The topological polar surface area (TPSA) is 105 Å². The number of methoxy groups -OCH3 is 2. The number of rotatable bonds is 13. The van der Waals surface area contributed by atoms with Gasteiger partial charge in [-0.15, -0.1) is 0 Å². The van der Waals surface area contributed by atoms with Crippen LogP contribution in [-0.4, -0.2) is 58.0 Å². The molecule has 0 bridgehead atoms. The van der Waals surface area contributed by atoms with E-state index >= 15 is 0 Å². The number of nitrogens with one attached hydrogen (secondary N) is 1. The lowest BCUT2D eigenvalue weighted by molar-refractivity contribution is -0.140. The van der Waals surface area contributed by atoms with E-state index in [9.17, 15) is 18.0 Å². The maximum absolute atomic E-state index is 14.3. The second-order valence-electron chi connectivity index (χ2n) is 11.1. The maximum Gasteiger partial charge on any atom is 0.264 e. The summed E-state index contributed by atoms with van der Waals surface area (Å²) in [7, 11) is -1.35. The summed E-state index contributed by atoms with van der Waals surface area (Å²) in [6.45, 7) is 3.50. The van der Waals surface area contributed by atoms with Gasteiger partial charge in [0.15, 0.2) is 11.5 Å². The average Bonchev–Trinajstić information content (AvgIpc) is 3.04. The van der Waals surface area contributed by atoms with Crippen LogP contribution in [0.3, 0.4) is 0 Å². The van der Waals surface area contributed by atoms with Crippen molar-refractivity contribution in [3.05, 3.63) is 83.9 Å². The maximum atomic E-state index is 14.3. The van der Waals surface area contributed by atoms with Crippen molar-refractivity contribution in [2.45, 2.75) is 75.9 Å². The molecule has 1 N–H and O–H groups in total. The van der Waals surface area contributed by atoms with Gasteiger partial charge in [-0.25, -0.2) is 8.42 Å². The number of aryl methyl sites for hydroxylation is 1. The first-order valence-electron chi connectivity index (χ1n) is 15.1. The number of anilines is 1. The van der Waals surface area contributed by atoms with E-state index in [-0.39, 0.29) is 29.1 Å². The molecule has 1 aliphatic carbocycles. The van der Waals surface area contributed by atoms with Gasteiger partial charge < -0.3 is 19.7 Å². The molecule has 1 atom stereocenters. The van der Waals surface area contributed by atoms with Crippen LogP contribution in [-0.2, 0) is 26.2 Å². The number of sulfonamides is 1. The monoisotopic (exact) mass is 621 g/mol. The Balaban J connectivity index is 1.72. The molecule has 0 spiro atoms. The van der Waals surface area contributed by atoms with E-state index in [1.54, 1.807) is 30.3 Å². The minimum absolute atomic E-state index is 0.0562. The summed E-state index contributed by atoms with van der Waals surface area (Å²) >= 11 is 0. The van der Waals surface area contributed by atoms with E-state index in [0.717, 1.165) is 47.5 Å². The molecular weight excluding hydrogens is 578 g/mol. The van der Waals surface area contributed by atoms with E-state index in [2.05, 4.69) is 5.32 Å². The van der Waals surface area contributed by atoms with E-state index < -0.39 is 28.5 Å². The number of carbonyl (C=O) groups excluding carboxylic acids is 2. The van der Waals surface area contributed by atoms with Gasteiger partial charge in [0.1, 0.15) is 12.6 Å². The molecule has 1 unspecified atom stereocenters. The normalized spacial score (nSPS) is 14.4. The molecule has 1 fully saturated rings. The van der Waals surface area contributed by atoms with Gasteiger partial charge >= 0.3 is 0 Å². The van der Waals surface area contributed by atoms with Crippen molar-refractivity contribution in [1.82, 2.24) is 10.2 Å². The predicted octanol–water partition coefficient (Wildman–Crippen LogP) is 5.46. The van der Waals surface area contributed by atoms with Crippen molar-refractivity contribution >= 4 is 27.5 Å². The lowest BCUT2D eigenvalue weighted by Gasteiger charge is -2.34. The molecule has 9 nitrogen and oxygen atoms in total. The van der Waals surface area contributed by atoms with Crippen LogP contribution >= 0.6 is 0 Å². The summed E-state index contributed by atoms with van der Waals surface area (Å²) in [5.74, 6) is -0.0605. The highest BCUT2D eigenvalue weighted by atomic mass is 32.2. The molecule has 3 aromatic carbocycles. The second kappa shape index (κ2) is 15.1. The number of carbonyl (C=O) groups is 2. The molecule has 0 heterocycles. The highest BCUT2D eigenvalue weighted by molar-refractivity contribution is 7.92. The van der Waals surface area contributed by atoms with Crippen molar-refractivity contribution in [3.63, 3.8) is 0 Å². The summed E-state index contributed by atoms with van der Waals surface area (Å²) in [6.07, 6.45) is 5.50. The molecule has 2 amide bonds. The Bertz CT molecular complexity index is 1520. The first-order chi connectivity index (χ1) is 21.2. The van der Waals surface area contributed by atoms with E-state index in [0.29, 0.717) is 17.9 Å². The van der Waals surface area contributed by atoms with Crippen molar-refractivity contribution in [3.8, 4) is 11.5 Å². The average molecular weight is 622 g/mol. The van der Waals surface area contributed by atoms with Crippen LogP contribution < -0.4 is 19.1 Å². The molecule has 10 heteroatoms. The van der Waals surface area contributed by atoms with Gasteiger partial charge in [-0.3, -0.25) is 13.9 Å². The minimum Gasteiger partial charge on any atom is -0.493 e. The number of ether oxygens (including phenoxy) is 2. The third kappa shape index (κ3) is 7.72. The van der Waals surface area contributed by atoms with Crippen LogP contribution in [0.5, 0.6) is 11.5 Å². The highest BCUT2D eigenvalue weighted by Crippen LogP contribution is 2.32. The summed E-state index contributed by atoms with van der Waals surface area (Å²) in [4.78, 5) is 29.5. The Kier molecular flexibility index (Phi) is 11.3. The van der Waals surface area contributed by atoms with Gasteiger partial charge in [-0.1, -0.05) is 68.7 Å². The largest absolute Gasteiger partial charge is 0.493 e. The number of hydrogen-bond acceptors (Lipinski definition) is 6. The standard InChI is InChI=1S/C34H43N3O6S/c1-5-30(34(39)35-27-16-8-6-9-17-27)36(23-26-15-13-12-14-25(26)2)33(38)24-37(28-18-10-7-11-19-28)44(40,41)29-20-21-31(42-3)32(22-29)43-4/h7,10-15,18-22,27,30H,5-6,8-9,16-17,23-24H2,1-4H3,(H,35,39). The molecule has 1 aliphatic rings. The molecule has 236 valence electrons. The molecule has 1 saturated carbocycles. The number of nitrogens with zero attached hydrogens (tertiary/aromatic N) is 2. The van der Waals surface area contributed by atoms with E-state index in [4.69, 9.17) is 9.47 Å². The Labute approximate surface area is 261 Å². The molecular formula is C34H43N3O6S. The molecule has 4 rings (SSSR count). The van der Waals surface area contributed by atoms with Gasteiger partial charge in [0.25, 0.3) is 10.0 Å². The summed E-state index contributed by atoms with van der Waals surface area (Å²) in [5.41, 5.74) is 2.19. The van der Waals surface area contributed by atoms with Crippen LogP contribution in [0.25, 0.3) is 0 Å². The summed E-state index contributed by atoms with van der Waals surface area (Å²) in [6, 6.07) is 19.8. The molecule has 0 aliphatic heterocycles. The van der Waals surface area contributed by atoms with Crippen LogP contribution in [0, 0.1) is 6.92 Å². The third-order valence-electron chi connectivity index (χ3n) is 8.21. The number of para-hydroxylation sites is 1. The smallest absolute Gasteiger partial charge is 0.264 e. The van der Waals surface area contributed by atoms with E-state index in [1.165, 1.54) is 37.3 Å². The van der Waals surface area contributed by atoms with Crippen LogP contribution in [0.1, 0.15) is 56.6 Å². The zero-order chi connectivity index (χ0) is 31.7. The van der Waals surface area contributed by atoms with Crippen LogP contribution in [0.15, 0.2) is 77.7 Å². The Hall–Kier alpha value is -4.05. The fourth-order valence-corrected chi connectivity index (χ4v) is 7.09. The van der Waals surface area contributed by atoms with Crippen LogP contribution in [0.4, 0.5) is 5.69 Å². The van der Waals surface area contributed by atoms with Crippen molar-refractivity contribution in [2.24, 2.45) is 0 Å². The Morgan fingerprint density at radius 2 is 1.57 bits per heavy atom. The number of benzene rings is 3. The Morgan fingerprint density at radius 3 is 2.20 bits per heavy atom. The molecule has 3 aromatic rings. The van der Waals surface area contributed by atoms with Gasteiger partial charge in [0.05, 0.1) is 24.8 Å².